The monoisotopic (exact) mass is 428 g/mol. The summed E-state index contributed by atoms with van der Waals surface area (Å²) in [5.74, 6) is -0.367. The fourth-order valence-electron chi connectivity index (χ4n) is 3.40. The summed E-state index contributed by atoms with van der Waals surface area (Å²) in [5, 5.41) is 15.2. The molecule has 1 fully saturated rings. The van der Waals surface area contributed by atoms with Crippen molar-refractivity contribution in [3.8, 4) is 0 Å². The van der Waals surface area contributed by atoms with Crippen LogP contribution in [0.5, 0.6) is 0 Å². The van der Waals surface area contributed by atoms with E-state index in [0.29, 0.717) is 31.2 Å². The molecule has 0 amide bonds. The normalized spacial score (nSPS) is 13.9. The summed E-state index contributed by atoms with van der Waals surface area (Å²) in [4.78, 5) is 23.4. The van der Waals surface area contributed by atoms with Crippen LogP contribution in [0.25, 0.3) is 0 Å². The molecule has 0 radical (unpaired) electrons. The highest BCUT2D eigenvalue weighted by molar-refractivity contribution is 6.30. The van der Waals surface area contributed by atoms with Crippen molar-refractivity contribution in [2.45, 2.75) is 0 Å². The van der Waals surface area contributed by atoms with E-state index in [-0.39, 0.29) is 23.0 Å². The van der Waals surface area contributed by atoms with Gasteiger partial charge in [0.05, 0.1) is 10.6 Å². The van der Waals surface area contributed by atoms with Crippen LogP contribution in [0, 0.1) is 15.9 Å². The van der Waals surface area contributed by atoms with E-state index in [1.54, 1.807) is 12.1 Å². The summed E-state index contributed by atoms with van der Waals surface area (Å²) in [5.41, 5.74) is 0.828. The van der Waals surface area contributed by atoms with Crippen LogP contribution >= 0.6 is 11.6 Å². The van der Waals surface area contributed by atoms with Crippen LogP contribution in [0.2, 0.25) is 5.02 Å². The molecule has 3 aromatic rings. The summed E-state index contributed by atoms with van der Waals surface area (Å²) in [6.45, 7) is 2.36. The molecular formula is C20H18ClFN6O2. The number of halogens is 2. The number of para-hydroxylation sites is 1. The molecule has 0 aliphatic carbocycles. The summed E-state index contributed by atoms with van der Waals surface area (Å²) in [7, 11) is 0. The zero-order valence-electron chi connectivity index (χ0n) is 15.8. The molecule has 10 heteroatoms. The van der Waals surface area contributed by atoms with E-state index in [2.05, 4.69) is 20.2 Å². The minimum atomic E-state index is -0.540. The molecule has 2 heterocycles. The van der Waals surface area contributed by atoms with Crippen LogP contribution < -0.4 is 15.1 Å². The molecule has 1 aliphatic rings. The van der Waals surface area contributed by atoms with Crippen LogP contribution in [-0.2, 0) is 0 Å². The third-order valence-corrected chi connectivity index (χ3v) is 5.10. The van der Waals surface area contributed by atoms with E-state index in [4.69, 9.17) is 11.6 Å². The van der Waals surface area contributed by atoms with Crippen molar-refractivity contribution in [2.75, 3.05) is 41.3 Å². The zero-order chi connectivity index (χ0) is 21.1. The van der Waals surface area contributed by atoms with Crippen molar-refractivity contribution in [3.63, 3.8) is 0 Å². The maximum absolute atomic E-state index is 14.0. The molecule has 4 rings (SSSR count). The highest BCUT2D eigenvalue weighted by Gasteiger charge is 2.29. The Hall–Kier alpha value is -3.46. The van der Waals surface area contributed by atoms with Gasteiger partial charge in [0.15, 0.2) is 0 Å². The predicted octanol–water partition coefficient (Wildman–Crippen LogP) is 4.25. The van der Waals surface area contributed by atoms with Crippen molar-refractivity contribution < 1.29 is 9.31 Å². The fourth-order valence-corrected chi connectivity index (χ4v) is 3.58. The van der Waals surface area contributed by atoms with Crippen LogP contribution in [0.3, 0.4) is 0 Å². The Morgan fingerprint density at radius 1 is 1.03 bits per heavy atom. The van der Waals surface area contributed by atoms with Crippen molar-refractivity contribution in [1.29, 1.82) is 0 Å². The minimum Gasteiger partial charge on any atom is -0.368 e. The fraction of sp³-hybridized carbons (Fsp3) is 0.200. The standard InChI is InChI=1S/C20H18ClFN6O2/c21-14-4-3-5-15(12-14)26-8-10-27(11-9-26)20-18(28(29)30)19(23-13-24-20)25-17-7-2-1-6-16(17)22/h1-7,12-13H,8-11H2,(H,23,24,25). The van der Waals surface area contributed by atoms with Crippen LogP contribution in [0.4, 0.5) is 33.1 Å². The molecule has 8 nitrogen and oxygen atoms in total. The van der Waals surface area contributed by atoms with E-state index >= 15 is 0 Å². The molecule has 1 saturated heterocycles. The van der Waals surface area contributed by atoms with Crippen LogP contribution in [0.1, 0.15) is 0 Å². The van der Waals surface area contributed by atoms with Gasteiger partial charge in [-0.25, -0.2) is 14.4 Å². The number of aromatic nitrogens is 2. The largest absolute Gasteiger partial charge is 0.368 e. The molecule has 0 bridgehead atoms. The van der Waals surface area contributed by atoms with Gasteiger partial charge in [-0.05, 0) is 30.3 Å². The molecule has 0 unspecified atom stereocenters. The highest BCUT2D eigenvalue weighted by atomic mass is 35.5. The van der Waals surface area contributed by atoms with Crippen molar-refractivity contribution >= 4 is 40.3 Å². The van der Waals surface area contributed by atoms with Gasteiger partial charge in [0.2, 0.25) is 11.6 Å². The molecule has 1 aliphatic heterocycles. The first-order valence-corrected chi connectivity index (χ1v) is 9.67. The average molecular weight is 429 g/mol. The lowest BCUT2D eigenvalue weighted by Gasteiger charge is -2.36. The number of benzene rings is 2. The third kappa shape index (κ3) is 4.11. The Balaban J connectivity index is 1.57. The Labute approximate surface area is 177 Å². The van der Waals surface area contributed by atoms with Crippen molar-refractivity contribution in [1.82, 2.24) is 9.97 Å². The quantitative estimate of drug-likeness (QED) is 0.480. The second-order valence-corrected chi connectivity index (χ2v) is 7.15. The Kier molecular flexibility index (Phi) is 5.62. The van der Waals surface area contributed by atoms with Crippen LogP contribution in [0.15, 0.2) is 54.9 Å². The van der Waals surface area contributed by atoms with Gasteiger partial charge in [-0.1, -0.05) is 29.8 Å². The van der Waals surface area contributed by atoms with E-state index in [1.165, 1.54) is 18.5 Å². The van der Waals surface area contributed by atoms with E-state index < -0.39 is 10.7 Å². The summed E-state index contributed by atoms with van der Waals surface area (Å²) >= 11 is 6.08. The SMILES string of the molecule is O=[N+]([O-])c1c(Nc2ccccc2F)ncnc1N1CCN(c2cccc(Cl)c2)CC1. The summed E-state index contributed by atoms with van der Waals surface area (Å²) in [6.07, 6.45) is 1.24. The third-order valence-electron chi connectivity index (χ3n) is 4.87. The van der Waals surface area contributed by atoms with Gasteiger partial charge >= 0.3 is 5.69 Å². The number of hydrogen-bond acceptors (Lipinski definition) is 7. The van der Waals surface area contributed by atoms with Gasteiger partial charge in [0, 0.05) is 36.9 Å². The Bertz CT molecular complexity index is 1070. The number of rotatable bonds is 5. The van der Waals surface area contributed by atoms with Crippen molar-refractivity contribution in [3.05, 3.63) is 75.8 Å². The molecule has 30 heavy (non-hydrogen) atoms. The van der Waals surface area contributed by atoms with Crippen molar-refractivity contribution in [2.24, 2.45) is 0 Å². The average Bonchev–Trinajstić information content (AvgIpc) is 2.75. The number of hydrogen-bond donors (Lipinski definition) is 1. The lowest BCUT2D eigenvalue weighted by Crippen LogP contribution is -2.47. The number of anilines is 4. The first-order chi connectivity index (χ1) is 14.5. The zero-order valence-corrected chi connectivity index (χ0v) is 16.6. The maximum Gasteiger partial charge on any atom is 0.353 e. The molecule has 0 atom stereocenters. The van der Waals surface area contributed by atoms with Crippen LogP contribution in [-0.4, -0.2) is 41.1 Å². The lowest BCUT2D eigenvalue weighted by atomic mass is 10.2. The molecule has 0 spiro atoms. The first-order valence-electron chi connectivity index (χ1n) is 9.29. The van der Waals surface area contributed by atoms with Gasteiger partial charge in [0.1, 0.15) is 12.1 Å². The number of nitrogens with one attached hydrogen (secondary N) is 1. The molecule has 1 aromatic heterocycles. The van der Waals surface area contributed by atoms with Gasteiger partial charge in [-0.3, -0.25) is 10.1 Å². The van der Waals surface area contributed by atoms with E-state index in [9.17, 15) is 14.5 Å². The number of piperazine rings is 1. The molecule has 154 valence electrons. The smallest absolute Gasteiger partial charge is 0.353 e. The minimum absolute atomic E-state index is 0.0487. The van der Waals surface area contributed by atoms with E-state index in [0.717, 1.165) is 5.69 Å². The van der Waals surface area contributed by atoms with E-state index in [1.807, 2.05) is 29.2 Å². The molecule has 1 N–H and O–H groups in total. The highest BCUT2D eigenvalue weighted by Crippen LogP contribution is 2.34. The number of nitrogens with zero attached hydrogens (tertiary/aromatic N) is 5. The topological polar surface area (TPSA) is 87.4 Å². The Morgan fingerprint density at radius 2 is 1.77 bits per heavy atom. The van der Waals surface area contributed by atoms with Gasteiger partial charge in [0.25, 0.3) is 0 Å². The number of nitro groups is 1. The van der Waals surface area contributed by atoms with Gasteiger partial charge in [-0.2, -0.15) is 0 Å². The second-order valence-electron chi connectivity index (χ2n) is 6.71. The first kappa shape index (κ1) is 19.8. The Morgan fingerprint density at radius 3 is 2.47 bits per heavy atom. The molecular weight excluding hydrogens is 411 g/mol. The summed E-state index contributed by atoms with van der Waals surface area (Å²) in [6, 6.07) is 13.5. The van der Waals surface area contributed by atoms with Gasteiger partial charge in [-0.15, -0.1) is 0 Å². The summed E-state index contributed by atoms with van der Waals surface area (Å²) < 4.78 is 14.0. The molecule has 2 aromatic carbocycles. The predicted molar refractivity (Wildman–Crippen MR) is 114 cm³/mol. The maximum atomic E-state index is 14.0. The second kappa shape index (κ2) is 8.50. The molecule has 0 saturated carbocycles. The lowest BCUT2D eigenvalue weighted by molar-refractivity contribution is -0.383. The van der Waals surface area contributed by atoms with Gasteiger partial charge < -0.3 is 15.1 Å².